The van der Waals surface area contributed by atoms with E-state index in [1.54, 1.807) is 11.0 Å². The molecule has 0 radical (unpaired) electrons. The molecule has 2 amide bonds. The van der Waals surface area contributed by atoms with Gasteiger partial charge in [0.1, 0.15) is 11.9 Å². The maximum atomic E-state index is 13.9. The summed E-state index contributed by atoms with van der Waals surface area (Å²) >= 11 is 0. The van der Waals surface area contributed by atoms with Crippen molar-refractivity contribution in [1.82, 2.24) is 14.1 Å². The highest BCUT2D eigenvalue weighted by molar-refractivity contribution is 7.90. The zero-order valence-electron chi connectivity index (χ0n) is 16.2. The summed E-state index contributed by atoms with van der Waals surface area (Å²) in [6.07, 6.45) is 1.25. The number of carbonyl (C=O) groups excluding carboxylic acids is 2. The van der Waals surface area contributed by atoms with Crippen LogP contribution in [-0.2, 0) is 26.0 Å². The molecule has 1 atom stereocenters. The minimum absolute atomic E-state index is 0.228. The quantitative estimate of drug-likeness (QED) is 0.725. The first-order valence-corrected chi connectivity index (χ1v) is 11.2. The molecule has 0 spiro atoms. The highest BCUT2D eigenvalue weighted by Crippen LogP contribution is 2.34. The molecule has 158 valence electrons. The molecule has 1 aliphatic carbocycles. The van der Waals surface area contributed by atoms with Gasteiger partial charge in [-0.15, -0.1) is 0 Å². The number of sulfonamides is 1. The van der Waals surface area contributed by atoms with E-state index in [4.69, 9.17) is 4.74 Å². The molecule has 2 aliphatic heterocycles. The molecule has 3 aliphatic rings. The number of carbonyl (C=O) groups is 2. The third-order valence-corrected chi connectivity index (χ3v) is 8.23. The van der Waals surface area contributed by atoms with Gasteiger partial charge < -0.3 is 9.64 Å². The Kier molecular flexibility index (Phi) is 5.24. The van der Waals surface area contributed by atoms with Crippen LogP contribution in [0.4, 0.5) is 9.18 Å². The Labute approximate surface area is 169 Å². The maximum Gasteiger partial charge on any atom is 0.410 e. The lowest BCUT2D eigenvalue weighted by atomic mass is 9.91. The average molecular weight is 425 g/mol. The maximum absolute atomic E-state index is 13.9. The van der Waals surface area contributed by atoms with Gasteiger partial charge in [-0.25, -0.2) is 17.6 Å². The number of hydrogen-bond donors (Lipinski definition) is 0. The second kappa shape index (κ2) is 7.56. The van der Waals surface area contributed by atoms with Crippen LogP contribution in [0.25, 0.3) is 0 Å². The van der Waals surface area contributed by atoms with E-state index in [1.165, 1.54) is 28.4 Å². The van der Waals surface area contributed by atoms with Gasteiger partial charge in [0.15, 0.2) is 0 Å². The molecule has 1 unspecified atom stereocenters. The van der Waals surface area contributed by atoms with Gasteiger partial charge in [0.25, 0.3) is 0 Å². The second-order valence-corrected chi connectivity index (χ2v) is 9.84. The molecule has 29 heavy (non-hydrogen) atoms. The number of piperazine rings is 1. The number of hydrogen-bond acceptors (Lipinski definition) is 5. The zero-order valence-corrected chi connectivity index (χ0v) is 17.0. The fourth-order valence-electron chi connectivity index (χ4n) is 4.08. The Bertz CT molecular complexity index is 926. The first kappa shape index (κ1) is 20.1. The molecular weight excluding hydrogens is 401 g/mol. The van der Waals surface area contributed by atoms with Crippen LogP contribution in [0.15, 0.2) is 18.2 Å². The molecular formula is C19H24FN3O5S. The first-order valence-electron chi connectivity index (χ1n) is 9.73. The predicted molar refractivity (Wildman–Crippen MR) is 102 cm³/mol. The lowest BCUT2D eigenvalue weighted by Gasteiger charge is -2.40. The van der Waals surface area contributed by atoms with Crippen LogP contribution in [-0.4, -0.2) is 79.6 Å². The second-order valence-electron chi connectivity index (χ2n) is 7.63. The van der Waals surface area contributed by atoms with Crippen molar-refractivity contribution in [1.29, 1.82) is 0 Å². The highest BCUT2D eigenvalue weighted by Gasteiger charge is 2.43. The third kappa shape index (κ3) is 3.71. The Morgan fingerprint density at radius 3 is 2.41 bits per heavy atom. The van der Waals surface area contributed by atoms with Crippen LogP contribution < -0.4 is 0 Å². The third-order valence-electron chi connectivity index (χ3n) is 5.84. The number of fused-ring (bicyclic) bond motifs is 1. The molecule has 8 nitrogen and oxygen atoms in total. The van der Waals surface area contributed by atoms with Crippen LogP contribution in [0.3, 0.4) is 0 Å². The molecule has 2 heterocycles. The summed E-state index contributed by atoms with van der Waals surface area (Å²) in [7, 11) is -2.04. The largest absolute Gasteiger partial charge is 0.453 e. The van der Waals surface area contributed by atoms with E-state index in [0.717, 1.165) is 5.56 Å². The van der Waals surface area contributed by atoms with Crippen LogP contribution in [0, 0.1) is 5.82 Å². The molecule has 0 aromatic heterocycles. The summed E-state index contributed by atoms with van der Waals surface area (Å²) in [5.74, 6) is -0.820. The van der Waals surface area contributed by atoms with Gasteiger partial charge in [-0.05, 0) is 42.5 Å². The van der Waals surface area contributed by atoms with Gasteiger partial charge >= 0.3 is 6.09 Å². The molecule has 1 saturated carbocycles. The molecule has 10 heteroatoms. The smallest absolute Gasteiger partial charge is 0.410 e. The molecule has 1 aromatic rings. The van der Waals surface area contributed by atoms with Crippen LogP contribution in [0.1, 0.15) is 30.0 Å². The van der Waals surface area contributed by atoms with Gasteiger partial charge in [0.05, 0.1) is 12.4 Å². The van der Waals surface area contributed by atoms with Crippen molar-refractivity contribution in [3.8, 4) is 0 Å². The molecule has 1 aromatic carbocycles. The number of methoxy groups -OCH3 is 1. The lowest BCUT2D eigenvalue weighted by molar-refractivity contribution is -0.138. The van der Waals surface area contributed by atoms with E-state index >= 15 is 0 Å². The number of rotatable bonds is 3. The van der Waals surface area contributed by atoms with Crippen LogP contribution >= 0.6 is 0 Å². The minimum Gasteiger partial charge on any atom is -0.453 e. The molecule has 1 saturated heterocycles. The zero-order chi connectivity index (χ0) is 20.8. The summed E-state index contributed by atoms with van der Waals surface area (Å²) in [4.78, 5) is 28.5. The number of nitrogens with zero attached hydrogens (tertiary/aromatic N) is 3. The van der Waals surface area contributed by atoms with E-state index in [0.29, 0.717) is 24.8 Å². The topological polar surface area (TPSA) is 87.2 Å². The number of ether oxygens (including phenoxy) is 1. The fraction of sp³-hybridized carbons (Fsp3) is 0.579. The van der Waals surface area contributed by atoms with Gasteiger partial charge in [-0.1, -0.05) is 6.07 Å². The number of benzene rings is 1. The summed E-state index contributed by atoms with van der Waals surface area (Å²) in [5.41, 5.74) is 1.28. The Morgan fingerprint density at radius 2 is 1.79 bits per heavy atom. The summed E-state index contributed by atoms with van der Waals surface area (Å²) < 4.78 is 45.0. The van der Waals surface area contributed by atoms with Gasteiger partial charge in [0.2, 0.25) is 15.9 Å². The van der Waals surface area contributed by atoms with Gasteiger partial charge in [0, 0.05) is 32.7 Å². The first-order chi connectivity index (χ1) is 13.8. The van der Waals surface area contributed by atoms with Crippen molar-refractivity contribution in [2.45, 2.75) is 30.6 Å². The molecule has 2 fully saturated rings. The van der Waals surface area contributed by atoms with Crippen molar-refractivity contribution in [2.24, 2.45) is 0 Å². The summed E-state index contributed by atoms with van der Waals surface area (Å²) in [5, 5.41) is -0.284. The van der Waals surface area contributed by atoms with E-state index in [-0.39, 0.29) is 43.9 Å². The molecule has 0 bridgehead atoms. The summed E-state index contributed by atoms with van der Waals surface area (Å²) in [6, 6.07) is 3.30. The number of halogens is 1. The van der Waals surface area contributed by atoms with Gasteiger partial charge in [-0.3, -0.25) is 9.69 Å². The average Bonchev–Trinajstić information content (AvgIpc) is 3.58. The predicted octanol–water partition coefficient (Wildman–Crippen LogP) is 1.13. The van der Waals surface area contributed by atoms with E-state index in [1.807, 2.05) is 0 Å². The normalized spacial score (nSPS) is 22.9. The van der Waals surface area contributed by atoms with Gasteiger partial charge in [-0.2, -0.15) is 4.31 Å². The molecule has 0 N–H and O–H groups in total. The van der Waals surface area contributed by atoms with E-state index in [9.17, 15) is 22.4 Å². The minimum atomic E-state index is -3.28. The Balaban J connectivity index is 1.56. The van der Waals surface area contributed by atoms with E-state index < -0.39 is 28.0 Å². The van der Waals surface area contributed by atoms with E-state index in [2.05, 4.69) is 0 Å². The highest BCUT2D eigenvalue weighted by atomic mass is 32.2. The van der Waals surface area contributed by atoms with Crippen molar-refractivity contribution >= 4 is 22.0 Å². The van der Waals surface area contributed by atoms with Crippen LogP contribution in [0.5, 0.6) is 0 Å². The van der Waals surface area contributed by atoms with Crippen molar-refractivity contribution < 1.29 is 27.1 Å². The summed E-state index contributed by atoms with van der Waals surface area (Å²) in [6.45, 7) is 1.22. The van der Waals surface area contributed by atoms with Crippen LogP contribution in [0.2, 0.25) is 0 Å². The molecule has 4 rings (SSSR count). The van der Waals surface area contributed by atoms with Crippen molar-refractivity contribution in [2.75, 3.05) is 39.8 Å². The monoisotopic (exact) mass is 425 g/mol. The van der Waals surface area contributed by atoms with Crippen molar-refractivity contribution in [3.63, 3.8) is 0 Å². The Morgan fingerprint density at radius 1 is 1.10 bits per heavy atom. The lowest BCUT2D eigenvalue weighted by Crippen LogP contribution is -2.55. The standard InChI is InChI=1S/C19H24FN3O5S/c1-28-19(25)23-7-6-13-2-3-14(20)12-16(13)17(23)18(24)21-8-10-22(11-9-21)29(26,27)15-4-5-15/h2-3,12,15,17H,4-11H2,1H3. The SMILES string of the molecule is COC(=O)N1CCc2ccc(F)cc2C1C(=O)N1CCN(S(=O)(=O)C2CC2)CC1. The Hall–Kier alpha value is -2.20. The fourth-order valence-corrected chi connectivity index (χ4v) is 5.90. The van der Waals surface area contributed by atoms with Crippen molar-refractivity contribution in [3.05, 3.63) is 35.1 Å². The number of amides is 2.